The van der Waals surface area contributed by atoms with Crippen molar-refractivity contribution < 1.29 is 14.6 Å². The Morgan fingerprint density at radius 2 is 2.50 bits per heavy atom. The van der Waals surface area contributed by atoms with Crippen molar-refractivity contribution in [1.29, 1.82) is 0 Å². The van der Waals surface area contributed by atoms with Crippen molar-refractivity contribution in [2.24, 2.45) is 0 Å². The summed E-state index contributed by atoms with van der Waals surface area (Å²) in [6.45, 7) is 1.41. The maximum absolute atomic E-state index is 10.4. The quantitative estimate of drug-likeness (QED) is 0.702. The molecule has 4 nitrogen and oxygen atoms in total. The first kappa shape index (κ1) is 9.15. The van der Waals surface area contributed by atoms with Crippen molar-refractivity contribution in [2.45, 2.75) is 12.5 Å². The highest BCUT2D eigenvalue weighted by Crippen LogP contribution is 2.26. The van der Waals surface area contributed by atoms with Crippen LogP contribution in [0.1, 0.15) is 11.8 Å². The van der Waals surface area contributed by atoms with Crippen molar-refractivity contribution in [3.05, 3.63) is 10.9 Å². The predicted octanol–water partition coefficient (Wildman–Crippen LogP) is 0.558. The Hall–Kier alpha value is -0.940. The van der Waals surface area contributed by atoms with Crippen molar-refractivity contribution in [3.63, 3.8) is 0 Å². The third-order valence-electron chi connectivity index (χ3n) is 1.43. The summed E-state index contributed by atoms with van der Waals surface area (Å²) in [5.74, 6) is 0.414. The van der Waals surface area contributed by atoms with E-state index in [0.717, 1.165) is 11.5 Å². The predicted molar refractivity (Wildman–Crippen MR) is 44.3 cm³/mol. The average Bonchev–Trinajstić information content (AvgIpc) is 2.52. The van der Waals surface area contributed by atoms with Gasteiger partial charge < -0.3 is 9.84 Å². The van der Waals surface area contributed by atoms with Gasteiger partial charge in [0.05, 0.1) is 12.0 Å². The van der Waals surface area contributed by atoms with Crippen molar-refractivity contribution in [2.75, 3.05) is 7.11 Å². The van der Waals surface area contributed by atoms with Crippen LogP contribution in [0, 0.1) is 0 Å². The van der Waals surface area contributed by atoms with Crippen LogP contribution in [-0.2, 0) is 10.4 Å². The minimum Gasteiger partial charge on any atom is -0.480 e. The molecule has 1 aromatic rings. The zero-order valence-electron chi connectivity index (χ0n) is 6.77. The molecule has 1 N–H and O–H groups in total. The first-order valence-corrected chi connectivity index (χ1v) is 4.07. The smallest absolute Gasteiger partial charge is 0.225 e. The van der Waals surface area contributed by atoms with Crippen LogP contribution in [0.25, 0.3) is 0 Å². The van der Waals surface area contributed by atoms with Gasteiger partial charge >= 0.3 is 0 Å². The van der Waals surface area contributed by atoms with Gasteiger partial charge in [-0.05, 0) is 18.5 Å². The topological polar surface area (TPSA) is 59.4 Å². The molecule has 1 rings (SSSR count). The normalized spacial score (nSPS) is 15.2. The van der Waals surface area contributed by atoms with E-state index in [-0.39, 0.29) is 0 Å². The lowest BCUT2D eigenvalue weighted by molar-refractivity contribution is -0.122. The molecule has 0 radical (unpaired) electrons. The van der Waals surface area contributed by atoms with Gasteiger partial charge in [0.2, 0.25) is 5.88 Å². The lowest BCUT2D eigenvalue weighted by Crippen LogP contribution is -2.20. The molecule has 12 heavy (non-hydrogen) atoms. The van der Waals surface area contributed by atoms with Gasteiger partial charge in [0, 0.05) is 6.07 Å². The number of aldehydes is 1. The van der Waals surface area contributed by atoms with Crippen LogP contribution < -0.4 is 4.74 Å². The summed E-state index contributed by atoms with van der Waals surface area (Å²) >= 11 is 1.05. The van der Waals surface area contributed by atoms with Crippen LogP contribution >= 0.6 is 11.5 Å². The molecule has 0 saturated carbocycles. The molecular formula is C7H9NO3S. The van der Waals surface area contributed by atoms with Crippen LogP contribution in [0.5, 0.6) is 5.88 Å². The van der Waals surface area contributed by atoms with Crippen LogP contribution in [0.4, 0.5) is 0 Å². The van der Waals surface area contributed by atoms with Crippen LogP contribution in [0.15, 0.2) is 6.07 Å². The van der Waals surface area contributed by atoms with E-state index in [1.54, 1.807) is 6.07 Å². The summed E-state index contributed by atoms with van der Waals surface area (Å²) in [4.78, 5) is 10.9. The summed E-state index contributed by atoms with van der Waals surface area (Å²) < 4.78 is 8.66. The fourth-order valence-electron chi connectivity index (χ4n) is 0.652. The van der Waals surface area contributed by atoms with Gasteiger partial charge in [0.25, 0.3) is 0 Å². The van der Waals surface area contributed by atoms with Gasteiger partial charge in [-0.3, -0.25) is 4.79 Å². The van der Waals surface area contributed by atoms with Gasteiger partial charge in [-0.1, -0.05) is 0 Å². The van der Waals surface area contributed by atoms with E-state index in [2.05, 4.69) is 4.37 Å². The first-order chi connectivity index (χ1) is 5.60. The van der Waals surface area contributed by atoms with Crippen LogP contribution in [-0.4, -0.2) is 22.9 Å². The van der Waals surface area contributed by atoms with E-state index in [1.807, 2.05) is 0 Å². The fourth-order valence-corrected chi connectivity index (χ4v) is 1.35. The molecule has 0 amide bonds. The molecule has 0 spiro atoms. The highest BCUT2D eigenvalue weighted by Gasteiger charge is 2.25. The SMILES string of the molecule is COc1cc(C(C)(O)C=O)sn1. The van der Waals surface area contributed by atoms with Gasteiger partial charge in [-0.25, -0.2) is 0 Å². The molecular weight excluding hydrogens is 178 g/mol. The maximum Gasteiger partial charge on any atom is 0.225 e. The molecule has 66 valence electrons. The number of methoxy groups -OCH3 is 1. The van der Waals surface area contributed by atoms with Crippen molar-refractivity contribution in [3.8, 4) is 5.88 Å². The Balaban J connectivity index is 2.95. The number of carbonyl (C=O) groups excluding carboxylic acids is 1. The van der Waals surface area contributed by atoms with Gasteiger partial charge in [0.15, 0.2) is 11.9 Å². The molecule has 1 heterocycles. The number of carbonyl (C=O) groups is 1. The zero-order chi connectivity index (χ0) is 9.19. The third-order valence-corrected chi connectivity index (χ3v) is 2.43. The van der Waals surface area contributed by atoms with E-state index in [9.17, 15) is 9.90 Å². The number of aromatic nitrogens is 1. The van der Waals surface area contributed by atoms with Crippen LogP contribution in [0.2, 0.25) is 0 Å². The maximum atomic E-state index is 10.4. The molecule has 5 heteroatoms. The van der Waals surface area contributed by atoms with E-state index < -0.39 is 5.60 Å². The minimum atomic E-state index is -1.45. The van der Waals surface area contributed by atoms with Crippen molar-refractivity contribution >= 4 is 17.8 Å². The Labute approximate surface area is 74.0 Å². The minimum absolute atomic E-state index is 0.414. The molecule has 0 bridgehead atoms. The summed E-state index contributed by atoms with van der Waals surface area (Å²) in [7, 11) is 1.48. The monoisotopic (exact) mass is 187 g/mol. The van der Waals surface area contributed by atoms with E-state index >= 15 is 0 Å². The van der Waals surface area contributed by atoms with Crippen LogP contribution in [0.3, 0.4) is 0 Å². The first-order valence-electron chi connectivity index (χ1n) is 3.30. The molecule has 0 saturated heterocycles. The van der Waals surface area contributed by atoms with Gasteiger partial charge in [-0.2, -0.15) is 4.37 Å². The van der Waals surface area contributed by atoms with Gasteiger partial charge in [0.1, 0.15) is 0 Å². The molecule has 0 aliphatic carbocycles. The molecule has 1 atom stereocenters. The number of nitrogens with zero attached hydrogens (tertiary/aromatic N) is 1. The summed E-state index contributed by atoms with van der Waals surface area (Å²) in [5.41, 5.74) is -1.45. The van der Waals surface area contributed by atoms with E-state index in [1.165, 1.54) is 14.0 Å². The largest absolute Gasteiger partial charge is 0.480 e. The Bertz CT molecular complexity index is 282. The Morgan fingerprint density at radius 1 is 1.83 bits per heavy atom. The van der Waals surface area contributed by atoms with Crippen molar-refractivity contribution in [1.82, 2.24) is 4.37 Å². The molecule has 0 fully saturated rings. The van der Waals surface area contributed by atoms with E-state index in [4.69, 9.17) is 4.74 Å². The molecule has 0 aliphatic heterocycles. The zero-order valence-corrected chi connectivity index (χ0v) is 7.59. The molecule has 1 unspecified atom stereocenters. The lowest BCUT2D eigenvalue weighted by Gasteiger charge is -2.10. The molecule has 1 aromatic heterocycles. The number of hydrogen-bond donors (Lipinski definition) is 1. The summed E-state index contributed by atoms with van der Waals surface area (Å²) in [6.07, 6.45) is 0.472. The summed E-state index contributed by atoms with van der Waals surface area (Å²) in [5, 5.41) is 9.45. The fraction of sp³-hybridized carbons (Fsp3) is 0.429. The average molecular weight is 187 g/mol. The second kappa shape index (κ2) is 3.20. The Morgan fingerprint density at radius 3 is 2.92 bits per heavy atom. The second-order valence-electron chi connectivity index (χ2n) is 2.50. The standard InChI is InChI=1S/C7H9NO3S/c1-7(10,4-9)5-3-6(11-2)8-12-5/h3-4,10H,1-2H3. The molecule has 0 aromatic carbocycles. The second-order valence-corrected chi connectivity index (χ2v) is 3.30. The highest BCUT2D eigenvalue weighted by atomic mass is 32.1. The Kier molecular flexibility index (Phi) is 2.44. The number of ether oxygens (including phenoxy) is 1. The number of rotatable bonds is 3. The summed E-state index contributed by atoms with van der Waals surface area (Å²) in [6, 6.07) is 1.54. The lowest BCUT2D eigenvalue weighted by atomic mass is 10.1. The third kappa shape index (κ3) is 1.62. The molecule has 0 aliphatic rings. The number of hydrogen-bond acceptors (Lipinski definition) is 5. The van der Waals surface area contributed by atoms with Gasteiger partial charge in [-0.15, -0.1) is 0 Å². The number of aliphatic hydroxyl groups is 1. The van der Waals surface area contributed by atoms with E-state index in [0.29, 0.717) is 17.0 Å². The highest BCUT2D eigenvalue weighted by molar-refractivity contribution is 7.06.